The lowest BCUT2D eigenvalue weighted by Gasteiger charge is -2.49. The third-order valence-electron chi connectivity index (χ3n) is 4.43. The van der Waals surface area contributed by atoms with Gasteiger partial charge in [-0.05, 0) is 44.3 Å². The van der Waals surface area contributed by atoms with Crippen LogP contribution in [0.5, 0.6) is 0 Å². The van der Waals surface area contributed by atoms with E-state index < -0.39 is 0 Å². The van der Waals surface area contributed by atoms with Crippen molar-refractivity contribution in [3.63, 3.8) is 0 Å². The molecule has 102 valence electrons. The van der Waals surface area contributed by atoms with E-state index in [1.54, 1.807) is 11.3 Å². The molecule has 1 saturated carbocycles. The lowest BCUT2D eigenvalue weighted by Crippen LogP contribution is -2.57. The molecule has 1 aromatic rings. The van der Waals surface area contributed by atoms with Crippen molar-refractivity contribution < 1.29 is 0 Å². The zero-order valence-electron chi connectivity index (χ0n) is 11.6. The molecule has 1 aromatic heterocycles. The number of nitrogens with two attached hydrogens (primary N) is 1. The first-order valence-electron chi connectivity index (χ1n) is 6.77. The van der Waals surface area contributed by atoms with Crippen molar-refractivity contribution in [1.29, 1.82) is 0 Å². The average molecular weight is 267 g/mol. The molecule has 1 heterocycles. The smallest absolute Gasteiger partial charge is 0.0736 e. The molecule has 3 nitrogen and oxygen atoms in total. The van der Waals surface area contributed by atoms with E-state index in [0.29, 0.717) is 0 Å². The molecule has 1 fully saturated rings. The molecule has 18 heavy (non-hydrogen) atoms. The van der Waals surface area contributed by atoms with Crippen molar-refractivity contribution in [2.45, 2.75) is 44.2 Å². The van der Waals surface area contributed by atoms with Gasteiger partial charge in [0.15, 0.2) is 0 Å². The third-order valence-corrected chi connectivity index (χ3v) is 5.37. The van der Waals surface area contributed by atoms with Crippen LogP contribution in [0.3, 0.4) is 0 Å². The van der Waals surface area contributed by atoms with Gasteiger partial charge < -0.3 is 4.90 Å². The molecule has 3 atom stereocenters. The molecule has 1 aliphatic carbocycles. The summed E-state index contributed by atoms with van der Waals surface area (Å²) in [6.45, 7) is 2.36. The molecule has 3 unspecified atom stereocenters. The highest BCUT2D eigenvalue weighted by molar-refractivity contribution is 7.10. The van der Waals surface area contributed by atoms with Gasteiger partial charge >= 0.3 is 0 Å². The van der Waals surface area contributed by atoms with Crippen LogP contribution in [0.1, 0.15) is 43.5 Å². The monoisotopic (exact) mass is 267 g/mol. The van der Waals surface area contributed by atoms with E-state index in [-0.39, 0.29) is 11.6 Å². The Labute approximate surface area is 114 Å². The van der Waals surface area contributed by atoms with Crippen LogP contribution in [-0.2, 0) is 0 Å². The lowest BCUT2D eigenvalue weighted by molar-refractivity contribution is 0.0378. The summed E-state index contributed by atoms with van der Waals surface area (Å²) in [5.41, 5.74) is 3.24. The summed E-state index contributed by atoms with van der Waals surface area (Å²) in [5, 5.41) is 2.13. The van der Waals surface area contributed by atoms with Crippen LogP contribution in [0.15, 0.2) is 17.5 Å². The van der Waals surface area contributed by atoms with Gasteiger partial charge in [0, 0.05) is 10.4 Å². The molecule has 0 saturated heterocycles. The van der Waals surface area contributed by atoms with Gasteiger partial charge in [0.05, 0.1) is 6.04 Å². The minimum absolute atomic E-state index is 0.150. The van der Waals surface area contributed by atoms with E-state index >= 15 is 0 Å². The summed E-state index contributed by atoms with van der Waals surface area (Å²) in [7, 11) is 4.38. The van der Waals surface area contributed by atoms with Crippen molar-refractivity contribution in [3.8, 4) is 0 Å². The standard InChI is InChI=1S/C14H25N3S/c1-11-6-4-8-14(10-11,17(2)3)13(16-15)12-7-5-9-18-12/h5,7,9,11,13,16H,4,6,8,10,15H2,1-3H3. The number of likely N-dealkylation sites (N-methyl/N-ethyl adjacent to an activating group) is 1. The lowest BCUT2D eigenvalue weighted by atomic mass is 9.71. The first kappa shape index (κ1) is 14.0. The van der Waals surface area contributed by atoms with Crippen LogP contribution in [0.4, 0.5) is 0 Å². The fraction of sp³-hybridized carbons (Fsp3) is 0.714. The van der Waals surface area contributed by atoms with Crippen LogP contribution in [0, 0.1) is 5.92 Å². The van der Waals surface area contributed by atoms with E-state index in [9.17, 15) is 0 Å². The van der Waals surface area contributed by atoms with Crippen LogP contribution in [0.25, 0.3) is 0 Å². The van der Waals surface area contributed by atoms with Gasteiger partial charge in [0.1, 0.15) is 0 Å². The first-order chi connectivity index (χ1) is 8.60. The first-order valence-corrected chi connectivity index (χ1v) is 7.65. The van der Waals surface area contributed by atoms with E-state index in [0.717, 1.165) is 5.92 Å². The predicted molar refractivity (Wildman–Crippen MR) is 78.4 cm³/mol. The van der Waals surface area contributed by atoms with Crippen molar-refractivity contribution in [1.82, 2.24) is 10.3 Å². The molecule has 0 spiro atoms. The SMILES string of the molecule is CC1CCCC(C(NN)c2cccs2)(N(C)C)C1. The molecule has 0 amide bonds. The maximum atomic E-state index is 5.89. The Morgan fingerprint density at radius 3 is 2.83 bits per heavy atom. The Morgan fingerprint density at radius 1 is 1.56 bits per heavy atom. The van der Waals surface area contributed by atoms with Crippen LogP contribution in [0.2, 0.25) is 0 Å². The molecule has 2 rings (SSSR count). The molecule has 4 heteroatoms. The van der Waals surface area contributed by atoms with E-state index in [4.69, 9.17) is 5.84 Å². The molecular weight excluding hydrogens is 242 g/mol. The highest BCUT2D eigenvalue weighted by Gasteiger charge is 2.44. The second-order valence-electron chi connectivity index (χ2n) is 5.81. The second kappa shape index (κ2) is 5.70. The number of rotatable bonds is 4. The highest BCUT2D eigenvalue weighted by Crippen LogP contribution is 2.44. The topological polar surface area (TPSA) is 41.3 Å². The number of hydrogen-bond acceptors (Lipinski definition) is 4. The summed E-state index contributed by atoms with van der Waals surface area (Å²) in [5.74, 6) is 6.67. The number of nitrogens with one attached hydrogen (secondary N) is 1. The van der Waals surface area contributed by atoms with Gasteiger partial charge in [-0.15, -0.1) is 11.3 Å². The molecule has 0 bridgehead atoms. The van der Waals surface area contributed by atoms with Gasteiger partial charge in [0.25, 0.3) is 0 Å². The Kier molecular flexibility index (Phi) is 4.43. The molecule has 1 aliphatic rings. The summed E-state index contributed by atoms with van der Waals surface area (Å²) in [4.78, 5) is 3.73. The summed E-state index contributed by atoms with van der Waals surface area (Å²) < 4.78 is 0. The maximum absolute atomic E-state index is 5.89. The maximum Gasteiger partial charge on any atom is 0.0736 e. The zero-order chi connectivity index (χ0) is 13.2. The van der Waals surface area contributed by atoms with Crippen LogP contribution < -0.4 is 11.3 Å². The second-order valence-corrected chi connectivity index (χ2v) is 6.79. The van der Waals surface area contributed by atoms with E-state index in [1.165, 1.54) is 30.6 Å². The Bertz CT molecular complexity index is 363. The Balaban J connectivity index is 2.33. The largest absolute Gasteiger partial charge is 0.302 e. The molecule has 0 aliphatic heterocycles. The fourth-order valence-corrected chi connectivity index (χ4v) is 4.34. The molecule has 0 aromatic carbocycles. The van der Waals surface area contributed by atoms with Gasteiger partial charge in [-0.1, -0.05) is 25.8 Å². The minimum Gasteiger partial charge on any atom is -0.302 e. The number of hydrogen-bond donors (Lipinski definition) is 2. The summed E-state index contributed by atoms with van der Waals surface area (Å²) in [6.07, 6.45) is 5.07. The number of thiophene rings is 1. The van der Waals surface area contributed by atoms with Gasteiger partial charge in [-0.3, -0.25) is 11.3 Å². The van der Waals surface area contributed by atoms with Crippen LogP contribution >= 0.6 is 11.3 Å². The van der Waals surface area contributed by atoms with Crippen LogP contribution in [-0.4, -0.2) is 24.5 Å². The fourth-order valence-electron chi connectivity index (χ4n) is 3.45. The summed E-state index contributed by atoms with van der Waals surface area (Å²) in [6, 6.07) is 4.54. The van der Waals surface area contributed by atoms with Crippen molar-refractivity contribution in [3.05, 3.63) is 22.4 Å². The quantitative estimate of drug-likeness (QED) is 0.651. The Morgan fingerprint density at radius 2 is 2.33 bits per heavy atom. The van der Waals surface area contributed by atoms with E-state index in [2.05, 4.69) is 48.9 Å². The Hall–Kier alpha value is -0.420. The van der Waals surface area contributed by atoms with Crippen molar-refractivity contribution in [2.24, 2.45) is 11.8 Å². The van der Waals surface area contributed by atoms with E-state index in [1.807, 2.05) is 0 Å². The van der Waals surface area contributed by atoms with Crippen molar-refractivity contribution in [2.75, 3.05) is 14.1 Å². The van der Waals surface area contributed by atoms with Crippen molar-refractivity contribution >= 4 is 11.3 Å². The van der Waals surface area contributed by atoms with Gasteiger partial charge in [-0.25, -0.2) is 0 Å². The predicted octanol–water partition coefficient (Wildman–Crippen LogP) is 2.76. The molecular formula is C14H25N3S. The average Bonchev–Trinajstić information content (AvgIpc) is 2.83. The third kappa shape index (κ3) is 2.48. The number of hydrazine groups is 1. The van der Waals surface area contributed by atoms with Gasteiger partial charge in [0.2, 0.25) is 0 Å². The molecule has 3 N–H and O–H groups in total. The zero-order valence-corrected chi connectivity index (χ0v) is 12.5. The normalized spacial score (nSPS) is 30.6. The minimum atomic E-state index is 0.150. The number of nitrogens with zero attached hydrogens (tertiary/aromatic N) is 1. The summed E-state index contributed by atoms with van der Waals surface area (Å²) >= 11 is 1.80. The highest BCUT2D eigenvalue weighted by atomic mass is 32.1. The molecule has 0 radical (unpaired) electrons. The van der Waals surface area contributed by atoms with Gasteiger partial charge in [-0.2, -0.15) is 0 Å².